The maximum absolute atomic E-state index is 13.8. The monoisotopic (exact) mass is 446 g/mol. The van der Waals surface area contributed by atoms with Crippen molar-refractivity contribution >= 4 is 5.82 Å². The number of aromatic nitrogens is 6. The topological polar surface area (TPSA) is 89.0 Å². The molecule has 6 rings (SSSR count). The molecule has 0 bridgehead atoms. The van der Waals surface area contributed by atoms with Gasteiger partial charge in [-0.05, 0) is 50.2 Å². The van der Waals surface area contributed by atoms with Gasteiger partial charge >= 0.3 is 0 Å². The lowest BCUT2D eigenvalue weighted by molar-refractivity contribution is 0.312. The zero-order valence-electron chi connectivity index (χ0n) is 18.2. The molecule has 0 amide bonds. The Kier molecular flexibility index (Phi) is 4.87. The highest BCUT2D eigenvalue weighted by Crippen LogP contribution is 2.44. The number of piperazine rings is 1. The summed E-state index contributed by atoms with van der Waals surface area (Å²) in [5, 5.41) is 12.8. The summed E-state index contributed by atoms with van der Waals surface area (Å²) < 4.78 is 21.1. The summed E-state index contributed by atoms with van der Waals surface area (Å²) in [5.74, 6) is 1.57. The van der Waals surface area contributed by atoms with Crippen molar-refractivity contribution in [2.24, 2.45) is 0 Å². The van der Waals surface area contributed by atoms with Crippen LogP contribution in [0.15, 0.2) is 47.0 Å². The number of benzene rings is 1. The molecule has 0 atom stereocenters. The highest BCUT2D eigenvalue weighted by atomic mass is 19.1. The van der Waals surface area contributed by atoms with Crippen LogP contribution in [0.5, 0.6) is 0 Å². The molecule has 2 aliphatic rings. The lowest BCUT2D eigenvalue weighted by Crippen LogP contribution is -2.44. The van der Waals surface area contributed by atoms with Crippen molar-refractivity contribution in [3.63, 3.8) is 0 Å². The minimum atomic E-state index is -0.322. The Hall–Kier alpha value is -3.66. The van der Waals surface area contributed by atoms with Gasteiger partial charge < -0.3 is 14.3 Å². The Morgan fingerprint density at radius 2 is 1.82 bits per heavy atom. The lowest BCUT2D eigenvalue weighted by atomic mass is 10.2. The van der Waals surface area contributed by atoms with E-state index < -0.39 is 0 Å². The number of halogens is 1. The van der Waals surface area contributed by atoms with E-state index in [4.69, 9.17) is 9.51 Å². The van der Waals surface area contributed by atoms with Gasteiger partial charge in [-0.1, -0.05) is 22.5 Å². The second-order valence-corrected chi connectivity index (χ2v) is 8.58. The van der Waals surface area contributed by atoms with Crippen LogP contribution in [-0.2, 0) is 0 Å². The minimum Gasteiger partial charge on any atom is -0.354 e. The third-order valence-electron chi connectivity index (χ3n) is 6.14. The van der Waals surface area contributed by atoms with Crippen LogP contribution in [0.25, 0.3) is 28.8 Å². The number of rotatable bonds is 5. The Bertz CT molecular complexity index is 1290. The lowest BCUT2D eigenvalue weighted by Gasteiger charge is -2.33. The Labute approximate surface area is 189 Å². The van der Waals surface area contributed by atoms with Gasteiger partial charge in [-0.15, -0.1) is 5.10 Å². The Balaban J connectivity index is 1.32. The molecule has 9 nitrogen and oxygen atoms in total. The van der Waals surface area contributed by atoms with E-state index in [1.807, 2.05) is 18.2 Å². The molecule has 168 valence electrons. The normalized spacial score (nSPS) is 17.0. The molecule has 1 aliphatic heterocycles. The summed E-state index contributed by atoms with van der Waals surface area (Å²) in [6, 6.07) is 12.2. The van der Waals surface area contributed by atoms with E-state index in [9.17, 15) is 4.39 Å². The van der Waals surface area contributed by atoms with Gasteiger partial charge in [0.05, 0.1) is 11.4 Å². The van der Waals surface area contributed by atoms with Crippen molar-refractivity contribution in [1.82, 2.24) is 35.0 Å². The molecule has 0 N–H and O–H groups in total. The minimum absolute atomic E-state index is 0.285. The van der Waals surface area contributed by atoms with E-state index >= 15 is 0 Å². The first-order valence-corrected chi connectivity index (χ1v) is 11.1. The number of nitrogens with zero attached hydrogens (tertiary/aromatic N) is 8. The average molecular weight is 446 g/mol. The molecule has 2 fully saturated rings. The van der Waals surface area contributed by atoms with Crippen molar-refractivity contribution in [1.29, 1.82) is 0 Å². The zero-order valence-corrected chi connectivity index (χ0v) is 18.2. The number of hydrogen-bond acceptors (Lipinski definition) is 8. The SMILES string of the molecule is CN1CCN(c2cccc(-c3noc(-c4nnn(-c5cccc(F)c5)c4C4CC4)n3)n2)CC1. The molecule has 0 unspecified atom stereocenters. The van der Waals surface area contributed by atoms with E-state index in [-0.39, 0.29) is 11.7 Å². The molecule has 1 saturated carbocycles. The predicted molar refractivity (Wildman–Crippen MR) is 120 cm³/mol. The van der Waals surface area contributed by atoms with Gasteiger partial charge in [0, 0.05) is 32.1 Å². The third kappa shape index (κ3) is 3.86. The van der Waals surface area contributed by atoms with Crippen LogP contribution in [-0.4, -0.2) is 68.2 Å². The molecule has 3 aromatic heterocycles. The van der Waals surface area contributed by atoms with Gasteiger partial charge in [-0.2, -0.15) is 4.98 Å². The van der Waals surface area contributed by atoms with Crippen molar-refractivity contribution in [2.75, 3.05) is 38.1 Å². The molecule has 4 heterocycles. The molecule has 4 aromatic rings. The summed E-state index contributed by atoms with van der Waals surface area (Å²) in [5.41, 5.74) is 2.68. The van der Waals surface area contributed by atoms with Crippen molar-refractivity contribution < 1.29 is 8.91 Å². The van der Waals surface area contributed by atoms with Crippen molar-refractivity contribution in [3.8, 4) is 28.8 Å². The fraction of sp³-hybridized carbons (Fsp3) is 0.348. The van der Waals surface area contributed by atoms with Crippen molar-refractivity contribution in [3.05, 3.63) is 54.0 Å². The molecule has 1 aliphatic carbocycles. The van der Waals surface area contributed by atoms with E-state index in [1.165, 1.54) is 12.1 Å². The quantitative estimate of drug-likeness (QED) is 0.462. The van der Waals surface area contributed by atoms with Crippen LogP contribution in [0, 0.1) is 5.82 Å². The van der Waals surface area contributed by atoms with Crippen LogP contribution in [0.4, 0.5) is 10.2 Å². The van der Waals surface area contributed by atoms with Crippen LogP contribution >= 0.6 is 0 Å². The highest BCUT2D eigenvalue weighted by molar-refractivity contribution is 5.59. The summed E-state index contributed by atoms with van der Waals surface area (Å²) in [6.07, 6.45) is 2.04. The summed E-state index contributed by atoms with van der Waals surface area (Å²) in [6.45, 7) is 3.86. The summed E-state index contributed by atoms with van der Waals surface area (Å²) >= 11 is 0. The first-order valence-electron chi connectivity index (χ1n) is 11.1. The molecule has 33 heavy (non-hydrogen) atoms. The van der Waals surface area contributed by atoms with Gasteiger partial charge in [0.15, 0.2) is 5.69 Å². The number of likely N-dealkylation sites (N-methyl/N-ethyl adjacent to an activating group) is 1. The van der Waals surface area contributed by atoms with E-state index in [2.05, 4.69) is 37.3 Å². The van der Waals surface area contributed by atoms with Crippen LogP contribution in [0.1, 0.15) is 24.5 Å². The standard InChI is InChI=1S/C23H23FN8O/c1-30-10-12-31(13-11-30)19-7-3-6-18(25-19)22-26-23(33-28-22)20-21(15-8-9-15)32(29-27-20)17-5-2-4-16(24)14-17/h2-7,14-15H,8-13H2,1H3. The maximum atomic E-state index is 13.8. The maximum Gasteiger partial charge on any atom is 0.280 e. The third-order valence-corrected chi connectivity index (χ3v) is 6.14. The van der Waals surface area contributed by atoms with Crippen molar-refractivity contribution in [2.45, 2.75) is 18.8 Å². The first-order chi connectivity index (χ1) is 16.2. The fourth-order valence-electron chi connectivity index (χ4n) is 4.15. The predicted octanol–water partition coefficient (Wildman–Crippen LogP) is 3.15. The molecular formula is C23H23FN8O. The van der Waals surface area contributed by atoms with E-state index in [1.54, 1.807) is 16.8 Å². The van der Waals surface area contributed by atoms with Crippen LogP contribution < -0.4 is 4.90 Å². The first kappa shape index (κ1) is 20.0. The largest absolute Gasteiger partial charge is 0.354 e. The number of hydrogen-bond donors (Lipinski definition) is 0. The molecule has 1 saturated heterocycles. The summed E-state index contributed by atoms with van der Waals surface area (Å²) in [4.78, 5) is 13.9. The molecular weight excluding hydrogens is 423 g/mol. The van der Waals surface area contributed by atoms with Gasteiger partial charge in [-0.25, -0.2) is 14.1 Å². The highest BCUT2D eigenvalue weighted by Gasteiger charge is 2.34. The number of pyridine rings is 1. The fourth-order valence-corrected chi connectivity index (χ4v) is 4.15. The van der Waals surface area contributed by atoms with Crippen LogP contribution in [0.3, 0.4) is 0 Å². The number of anilines is 1. The van der Waals surface area contributed by atoms with Gasteiger partial charge in [0.25, 0.3) is 5.89 Å². The van der Waals surface area contributed by atoms with Gasteiger partial charge in [-0.3, -0.25) is 0 Å². The molecule has 0 radical (unpaired) electrons. The Morgan fingerprint density at radius 3 is 2.61 bits per heavy atom. The second-order valence-electron chi connectivity index (χ2n) is 8.58. The van der Waals surface area contributed by atoms with E-state index in [0.717, 1.165) is 50.5 Å². The average Bonchev–Trinajstić information content (AvgIpc) is 3.38. The van der Waals surface area contributed by atoms with Gasteiger partial charge in [0.2, 0.25) is 5.82 Å². The molecule has 1 aromatic carbocycles. The smallest absolute Gasteiger partial charge is 0.280 e. The zero-order chi connectivity index (χ0) is 22.4. The van der Waals surface area contributed by atoms with Crippen LogP contribution in [0.2, 0.25) is 0 Å². The summed E-state index contributed by atoms with van der Waals surface area (Å²) in [7, 11) is 2.13. The van der Waals surface area contributed by atoms with Gasteiger partial charge in [0.1, 0.15) is 17.3 Å². The molecule has 10 heteroatoms. The Morgan fingerprint density at radius 1 is 1.00 bits per heavy atom. The van der Waals surface area contributed by atoms with E-state index in [0.29, 0.717) is 28.8 Å². The second kappa shape index (κ2) is 8.04. The molecule has 0 spiro atoms.